The molecule has 0 spiro atoms. The second-order valence-electron chi connectivity index (χ2n) is 5.97. The largest absolute Gasteiger partial charge is 0.352 e. The lowest BCUT2D eigenvalue weighted by atomic mass is 10.2. The molecule has 0 aliphatic rings. The highest BCUT2D eigenvalue weighted by atomic mass is 15.2. The van der Waals surface area contributed by atoms with Gasteiger partial charge in [0.05, 0.1) is 11.6 Å². The molecule has 0 aliphatic carbocycles. The van der Waals surface area contributed by atoms with Crippen LogP contribution in [0.2, 0.25) is 0 Å². The van der Waals surface area contributed by atoms with Crippen molar-refractivity contribution >= 4 is 17.3 Å². The van der Waals surface area contributed by atoms with E-state index in [0.29, 0.717) is 11.4 Å². The normalized spacial score (nSPS) is 10.2. The number of nitrogens with one attached hydrogen (secondary N) is 1. The monoisotopic (exact) mass is 343 g/mol. The number of benzene rings is 2. The second kappa shape index (κ2) is 8.13. The molecule has 1 N–H and O–H groups in total. The van der Waals surface area contributed by atoms with Crippen molar-refractivity contribution in [3.63, 3.8) is 0 Å². The van der Waals surface area contributed by atoms with Crippen LogP contribution in [0, 0.1) is 18.3 Å². The Bertz CT molecular complexity index is 898. The summed E-state index contributed by atoms with van der Waals surface area (Å²) in [4.78, 5) is 11.3. The van der Waals surface area contributed by atoms with Gasteiger partial charge in [-0.15, -0.1) is 0 Å². The lowest BCUT2D eigenvalue weighted by Gasteiger charge is -2.23. The van der Waals surface area contributed by atoms with Crippen LogP contribution in [0.5, 0.6) is 0 Å². The van der Waals surface area contributed by atoms with Crippen LogP contribution in [0.1, 0.15) is 23.9 Å². The van der Waals surface area contributed by atoms with Crippen molar-refractivity contribution in [1.29, 1.82) is 5.26 Å². The smallest absolute Gasteiger partial charge is 0.136 e. The highest BCUT2D eigenvalue weighted by molar-refractivity contribution is 5.60. The summed E-state index contributed by atoms with van der Waals surface area (Å²) in [5.74, 6) is 2.34. The Hall–Kier alpha value is -3.39. The van der Waals surface area contributed by atoms with Crippen LogP contribution in [-0.4, -0.2) is 16.5 Å². The SMILES string of the molecule is CCN(Cc1ccccc1)c1cc(Nc2ccc(C#N)cc2)nc(C)n1. The van der Waals surface area contributed by atoms with Gasteiger partial charge in [0, 0.05) is 24.8 Å². The van der Waals surface area contributed by atoms with Crippen LogP contribution >= 0.6 is 0 Å². The zero-order valence-electron chi connectivity index (χ0n) is 15.0. The first kappa shape index (κ1) is 17.4. The van der Waals surface area contributed by atoms with Gasteiger partial charge in [0.2, 0.25) is 0 Å². The third-order valence-corrected chi connectivity index (χ3v) is 4.03. The lowest BCUT2D eigenvalue weighted by molar-refractivity contribution is 0.805. The zero-order chi connectivity index (χ0) is 18.4. The highest BCUT2D eigenvalue weighted by Crippen LogP contribution is 2.21. The number of nitriles is 1. The van der Waals surface area contributed by atoms with Crippen molar-refractivity contribution < 1.29 is 0 Å². The van der Waals surface area contributed by atoms with Crippen LogP contribution in [-0.2, 0) is 6.54 Å². The molecule has 130 valence electrons. The summed E-state index contributed by atoms with van der Waals surface area (Å²) in [6.07, 6.45) is 0. The predicted molar refractivity (Wildman–Crippen MR) is 104 cm³/mol. The van der Waals surface area contributed by atoms with Gasteiger partial charge in [-0.2, -0.15) is 5.26 Å². The fourth-order valence-corrected chi connectivity index (χ4v) is 2.71. The van der Waals surface area contributed by atoms with E-state index in [-0.39, 0.29) is 0 Å². The minimum Gasteiger partial charge on any atom is -0.352 e. The van der Waals surface area contributed by atoms with Crippen molar-refractivity contribution in [2.75, 3.05) is 16.8 Å². The number of aromatic nitrogens is 2. The van der Waals surface area contributed by atoms with Crippen LogP contribution in [0.25, 0.3) is 0 Å². The van der Waals surface area contributed by atoms with Crippen LogP contribution in [0.4, 0.5) is 17.3 Å². The van der Waals surface area contributed by atoms with Gasteiger partial charge in [-0.05, 0) is 43.7 Å². The third-order valence-electron chi connectivity index (χ3n) is 4.03. The first-order valence-corrected chi connectivity index (χ1v) is 8.59. The van der Waals surface area contributed by atoms with Crippen molar-refractivity contribution in [2.45, 2.75) is 20.4 Å². The Labute approximate surface area is 154 Å². The minimum atomic E-state index is 0.634. The third kappa shape index (κ3) is 4.37. The molecular formula is C21H21N5. The quantitative estimate of drug-likeness (QED) is 0.717. The standard InChI is InChI=1S/C21H21N5/c1-3-26(15-18-7-5-4-6-8-18)21-13-20(23-16(2)24-21)25-19-11-9-17(14-22)10-12-19/h4-13H,3,15H2,1-2H3,(H,23,24,25). The van der Waals surface area contributed by atoms with E-state index in [1.165, 1.54) is 5.56 Å². The Balaban J connectivity index is 1.82. The summed E-state index contributed by atoms with van der Waals surface area (Å²) in [6.45, 7) is 5.66. The predicted octanol–water partition coefficient (Wildman–Crippen LogP) is 4.43. The molecule has 1 aromatic heterocycles. The molecule has 0 aliphatic heterocycles. The van der Waals surface area contributed by atoms with E-state index in [4.69, 9.17) is 5.26 Å². The number of hydrogen-bond donors (Lipinski definition) is 1. The van der Waals surface area contributed by atoms with Crippen LogP contribution < -0.4 is 10.2 Å². The Morgan fingerprint density at radius 2 is 1.77 bits per heavy atom. The summed E-state index contributed by atoms with van der Waals surface area (Å²) in [6, 6.07) is 21.7. The molecule has 3 aromatic rings. The first-order chi connectivity index (χ1) is 12.7. The lowest BCUT2D eigenvalue weighted by Crippen LogP contribution is -2.23. The molecule has 0 atom stereocenters. The van der Waals surface area contributed by atoms with E-state index in [1.807, 2.05) is 43.3 Å². The number of hydrogen-bond acceptors (Lipinski definition) is 5. The molecule has 2 aromatic carbocycles. The van der Waals surface area contributed by atoms with Gasteiger partial charge in [0.25, 0.3) is 0 Å². The minimum absolute atomic E-state index is 0.634. The Morgan fingerprint density at radius 1 is 1.04 bits per heavy atom. The molecule has 0 radical (unpaired) electrons. The zero-order valence-corrected chi connectivity index (χ0v) is 15.0. The van der Waals surface area contributed by atoms with Crippen molar-refractivity contribution in [3.8, 4) is 6.07 Å². The van der Waals surface area contributed by atoms with Crippen molar-refractivity contribution in [2.24, 2.45) is 0 Å². The van der Waals surface area contributed by atoms with Crippen molar-refractivity contribution in [1.82, 2.24) is 9.97 Å². The van der Waals surface area contributed by atoms with E-state index in [9.17, 15) is 0 Å². The molecular weight excluding hydrogens is 322 g/mol. The van der Waals surface area contributed by atoms with Gasteiger partial charge in [0.1, 0.15) is 17.5 Å². The summed E-state index contributed by atoms with van der Waals surface area (Å²) < 4.78 is 0. The molecule has 26 heavy (non-hydrogen) atoms. The molecule has 5 heteroatoms. The molecule has 0 unspecified atom stereocenters. The highest BCUT2D eigenvalue weighted by Gasteiger charge is 2.10. The number of aryl methyl sites for hydroxylation is 1. The molecule has 3 rings (SSSR count). The van der Waals surface area contributed by atoms with Crippen molar-refractivity contribution in [3.05, 3.63) is 77.6 Å². The Morgan fingerprint density at radius 3 is 2.42 bits per heavy atom. The molecule has 0 amide bonds. The molecule has 0 fully saturated rings. The van der Waals surface area contributed by atoms with Gasteiger partial charge in [-0.25, -0.2) is 9.97 Å². The summed E-state index contributed by atoms with van der Waals surface area (Å²) >= 11 is 0. The van der Waals surface area contributed by atoms with E-state index in [0.717, 1.165) is 30.4 Å². The van der Waals surface area contributed by atoms with Gasteiger partial charge >= 0.3 is 0 Å². The molecule has 0 saturated carbocycles. The number of anilines is 3. The second-order valence-corrected chi connectivity index (χ2v) is 5.97. The Kier molecular flexibility index (Phi) is 5.45. The van der Waals surface area contributed by atoms with Crippen LogP contribution in [0.3, 0.4) is 0 Å². The number of rotatable bonds is 6. The molecule has 1 heterocycles. The molecule has 0 bridgehead atoms. The summed E-state index contributed by atoms with van der Waals surface area (Å²) in [5.41, 5.74) is 2.77. The van der Waals surface area contributed by atoms with Gasteiger partial charge in [-0.1, -0.05) is 30.3 Å². The summed E-state index contributed by atoms with van der Waals surface area (Å²) in [7, 11) is 0. The average Bonchev–Trinajstić information content (AvgIpc) is 2.67. The maximum Gasteiger partial charge on any atom is 0.136 e. The first-order valence-electron chi connectivity index (χ1n) is 8.59. The fraction of sp³-hybridized carbons (Fsp3) is 0.190. The molecule has 5 nitrogen and oxygen atoms in total. The maximum atomic E-state index is 8.90. The molecule has 0 saturated heterocycles. The average molecular weight is 343 g/mol. The van der Waals surface area contributed by atoms with Gasteiger partial charge in [0.15, 0.2) is 0 Å². The van der Waals surface area contributed by atoms with E-state index in [2.05, 4.69) is 45.3 Å². The van der Waals surface area contributed by atoms with Crippen LogP contribution in [0.15, 0.2) is 60.7 Å². The summed E-state index contributed by atoms with van der Waals surface area (Å²) in [5, 5.41) is 12.2. The van der Waals surface area contributed by atoms with E-state index < -0.39 is 0 Å². The van der Waals surface area contributed by atoms with Gasteiger partial charge in [-0.3, -0.25) is 0 Å². The van der Waals surface area contributed by atoms with E-state index >= 15 is 0 Å². The fourth-order valence-electron chi connectivity index (χ4n) is 2.71. The maximum absolute atomic E-state index is 8.90. The number of nitrogens with zero attached hydrogens (tertiary/aromatic N) is 4. The van der Waals surface area contributed by atoms with E-state index in [1.54, 1.807) is 12.1 Å². The topological polar surface area (TPSA) is 64.8 Å². The van der Waals surface area contributed by atoms with Gasteiger partial charge < -0.3 is 10.2 Å².